The van der Waals surface area contributed by atoms with Crippen LogP contribution in [0.3, 0.4) is 0 Å². The summed E-state index contributed by atoms with van der Waals surface area (Å²) in [6.45, 7) is 1.00. The SMILES string of the molecule is O=C(Nc1cccc(N2CCOC2=O)c1)c1oc2ccccc2c1COc1ccccc1. The molecule has 4 aromatic rings. The van der Waals surface area contributed by atoms with Crippen LogP contribution in [0.4, 0.5) is 16.2 Å². The number of cyclic esters (lactones) is 1. The number of carbonyl (C=O) groups excluding carboxylic acids is 2. The Morgan fingerprint density at radius 1 is 1.00 bits per heavy atom. The minimum Gasteiger partial charge on any atom is -0.489 e. The van der Waals surface area contributed by atoms with Gasteiger partial charge < -0.3 is 19.2 Å². The minimum absolute atomic E-state index is 0.184. The summed E-state index contributed by atoms with van der Waals surface area (Å²) in [5, 5.41) is 3.69. The second-order valence-corrected chi connectivity index (χ2v) is 7.28. The van der Waals surface area contributed by atoms with Crippen molar-refractivity contribution >= 4 is 34.3 Å². The normalized spacial score (nSPS) is 13.2. The highest BCUT2D eigenvalue weighted by atomic mass is 16.6. The van der Waals surface area contributed by atoms with E-state index in [2.05, 4.69) is 5.32 Å². The van der Waals surface area contributed by atoms with Crippen molar-refractivity contribution in [3.05, 3.63) is 90.2 Å². The van der Waals surface area contributed by atoms with Crippen LogP contribution in [-0.4, -0.2) is 25.2 Å². The Morgan fingerprint density at radius 3 is 2.62 bits per heavy atom. The van der Waals surface area contributed by atoms with E-state index < -0.39 is 12.0 Å². The van der Waals surface area contributed by atoms with E-state index >= 15 is 0 Å². The first-order valence-electron chi connectivity index (χ1n) is 10.2. The average molecular weight is 428 g/mol. The third-order valence-corrected chi connectivity index (χ3v) is 5.21. The molecule has 1 aliphatic rings. The maximum absolute atomic E-state index is 13.1. The van der Waals surface area contributed by atoms with Gasteiger partial charge in [0.2, 0.25) is 0 Å². The molecule has 1 aromatic heterocycles. The van der Waals surface area contributed by atoms with Crippen LogP contribution in [0.2, 0.25) is 0 Å². The predicted octanol–water partition coefficient (Wildman–Crippen LogP) is 5.22. The summed E-state index contributed by atoms with van der Waals surface area (Å²) in [7, 11) is 0. The molecule has 2 heterocycles. The molecular formula is C25H20N2O5. The zero-order chi connectivity index (χ0) is 21.9. The molecule has 1 aliphatic heterocycles. The molecule has 2 amide bonds. The zero-order valence-corrected chi connectivity index (χ0v) is 17.1. The van der Waals surface area contributed by atoms with Gasteiger partial charge in [-0.2, -0.15) is 0 Å². The highest BCUT2D eigenvalue weighted by molar-refractivity contribution is 6.07. The molecule has 0 aliphatic carbocycles. The summed E-state index contributed by atoms with van der Waals surface area (Å²) in [6, 6.07) is 23.9. The molecule has 1 saturated heterocycles. The van der Waals surface area contributed by atoms with E-state index in [9.17, 15) is 9.59 Å². The number of nitrogens with one attached hydrogen (secondary N) is 1. The second-order valence-electron chi connectivity index (χ2n) is 7.28. The van der Waals surface area contributed by atoms with Crippen molar-refractivity contribution in [1.82, 2.24) is 0 Å². The molecule has 160 valence electrons. The van der Waals surface area contributed by atoms with Gasteiger partial charge in [-0.3, -0.25) is 9.69 Å². The molecule has 0 bridgehead atoms. The highest BCUT2D eigenvalue weighted by Crippen LogP contribution is 2.29. The number of benzene rings is 3. The van der Waals surface area contributed by atoms with Crippen molar-refractivity contribution in [2.24, 2.45) is 0 Å². The lowest BCUT2D eigenvalue weighted by molar-refractivity contribution is 0.0995. The topological polar surface area (TPSA) is 81.0 Å². The molecular weight excluding hydrogens is 408 g/mol. The first-order valence-corrected chi connectivity index (χ1v) is 10.2. The summed E-state index contributed by atoms with van der Waals surface area (Å²) in [6.07, 6.45) is -0.397. The van der Waals surface area contributed by atoms with Crippen molar-refractivity contribution < 1.29 is 23.5 Å². The number of rotatable bonds is 6. The van der Waals surface area contributed by atoms with Crippen LogP contribution in [0.25, 0.3) is 11.0 Å². The molecule has 5 rings (SSSR count). The van der Waals surface area contributed by atoms with E-state index in [0.29, 0.717) is 41.4 Å². The summed E-state index contributed by atoms with van der Waals surface area (Å²) >= 11 is 0. The van der Waals surface area contributed by atoms with E-state index in [1.807, 2.05) is 54.6 Å². The van der Waals surface area contributed by atoms with E-state index in [-0.39, 0.29) is 12.4 Å². The first-order chi connectivity index (χ1) is 15.7. The van der Waals surface area contributed by atoms with E-state index in [0.717, 1.165) is 5.39 Å². The Hall–Kier alpha value is -4.26. The Bertz CT molecular complexity index is 1280. The van der Waals surface area contributed by atoms with E-state index in [1.54, 1.807) is 24.3 Å². The number of amides is 2. The van der Waals surface area contributed by atoms with Crippen molar-refractivity contribution in [3.8, 4) is 5.75 Å². The monoisotopic (exact) mass is 428 g/mol. The highest BCUT2D eigenvalue weighted by Gasteiger charge is 2.25. The number of anilines is 2. The quantitative estimate of drug-likeness (QED) is 0.455. The molecule has 0 saturated carbocycles. The van der Waals surface area contributed by atoms with Gasteiger partial charge in [0.05, 0.1) is 6.54 Å². The number of carbonyl (C=O) groups is 2. The molecule has 3 aromatic carbocycles. The van der Waals surface area contributed by atoms with Crippen LogP contribution in [0.1, 0.15) is 16.1 Å². The summed E-state index contributed by atoms with van der Waals surface area (Å²) < 4.78 is 16.8. The van der Waals surface area contributed by atoms with Gasteiger partial charge in [-0.25, -0.2) is 4.79 Å². The molecule has 32 heavy (non-hydrogen) atoms. The fourth-order valence-electron chi connectivity index (χ4n) is 3.67. The molecule has 1 fully saturated rings. The Labute approximate surface area is 184 Å². The van der Waals surface area contributed by atoms with Gasteiger partial charge in [0.1, 0.15) is 24.5 Å². The first kappa shape index (κ1) is 19.7. The Kier molecular flexibility index (Phi) is 5.21. The lowest BCUT2D eigenvalue weighted by Gasteiger charge is -2.14. The Balaban J connectivity index is 1.41. The number of hydrogen-bond donors (Lipinski definition) is 1. The van der Waals surface area contributed by atoms with Gasteiger partial charge in [0.25, 0.3) is 5.91 Å². The average Bonchev–Trinajstić information content (AvgIpc) is 3.42. The number of nitrogens with zero attached hydrogens (tertiary/aromatic N) is 1. The Morgan fingerprint density at radius 2 is 1.81 bits per heavy atom. The van der Waals surface area contributed by atoms with Gasteiger partial charge in [-0.05, 0) is 36.4 Å². The maximum Gasteiger partial charge on any atom is 0.414 e. The van der Waals surface area contributed by atoms with Crippen LogP contribution < -0.4 is 15.0 Å². The number of hydrogen-bond acceptors (Lipinski definition) is 5. The molecule has 0 unspecified atom stereocenters. The van der Waals surface area contributed by atoms with E-state index in [1.165, 1.54) is 4.90 Å². The van der Waals surface area contributed by atoms with Crippen LogP contribution in [-0.2, 0) is 11.3 Å². The smallest absolute Gasteiger partial charge is 0.414 e. The second kappa shape index (κ2) is 8.47. The van der Waals surface area contributed by atoms with Crippen molar-refractivity contribution in [2.45, 2.75) is 6.61 Å². The van der Waals surface area contributed by atoms with Crippen LogP contribution in [0.15, 0.2) is 83.3 Å². The number of fused-ring (bicyclic) bond motifs is 1. The number of para-hydroxylation sites is 2. The van der Waals surface area contributed by atoms with Crippen LogP contribution in [0.5, 0.6) is 5.75 Å². The molecule has 0 spiro atoms. The van der Waals surface area contributed by atoms with Crippen molar-refractivity contribution in [2.75, 3.05) is 23.4 Å². The van der Waals surface area contributed by atoms with Crippen LogP contribution >= 0.6 is 0 Å². The lowest BCUT2D eigenvalue weighted by atomic mass is 10.1. The van der Waals surface area contributed by atoms with Crippen molar-refractivity contribution in [1.29, 1.82) is 0 Å². The fourth-order valence-corrected chi connectivity index (χ4v) is 3.67. The third kappa shape index (κ3) is 3.88. The molecule has 1 N–H and O–H groups in total. The summed E-state index contributed by atoms with van der Waals surface area (Å²) in [5.74, 6) is 0.497. The number of furan rings is 1. The van der Waals surface area contributed by atoms with Gasteiger partial charge in [-0.15, -0.1) is 0 Å². The van der Waals surface area contributed by atoms with E-state index in [4.69, 9.17) is 13.9 Å². The fraction of sp³-hybridized carbons (Fsp3) is 0.120. The molecule has 0 atom stereocenters. The standard InChI is InChI=1S/C25H20N2O5/c28-24(26-17-7-6-8-18(15-17)27-13-14-30-25(27)29)23-21(16-31-19-9-2-1-3-10-19)20-11-4-5-12-22(20)32-23/h1-12,15H,13-14,16H2,(H,26,28). The minimum atomic E-state index is -0.397. The molecule has 7 heteroatoms. The van der Waals surface area contributed by atoms with Gasteiger partial charge in [0, 0.05) is 22.3 Å². The van der Waals surface area contributed by atoms with Gasteiger partial charge in [0.15, 0.2) is 5.76 Å². The summed E-state index contributed by atoms with van der Waals surface area (Å²) in [5.41, 5.74) is 2.48. The van der Waals surface area contributed by atoms with Gasteiger partial charge >= 0.3 is 6.09 Å². The largest absolute Gasteiger partial charge is 0.489 e. The predicted molar refractivity (Wildman–Crippen MR) is 120 cm³/mol. The van der Waals surface area contributed by atoms with Gasteiger partial charge in [-0.1, -0.05) is 42.5 Å². The van der Waals surface area contributed by atoms with Crippen LogP contribution in [0, 0.1) is 0 Å². The maximum atomic E-state index is 13.1. The third-order valence-electron chi connectivity index (χ3n) is 5.21. The molecule has 0 radical (unpaired) electrons. The summed E-state index contributed by atoms with van der Waals surface area (Å²) in [4.78, 5) is 26.5. The number of ether oxygens (including phenoxy) is 2. The lowest BCUT2D eigenvalue weighted by Crippen LogP contribution is -2.23. The zero-order valence-electron chi connectivity index (χ0n) is 17.1. The molecule has 7 nitrogen and oxygen atoms in total. The van der Waals surface area contributed by atoms with Crippen molar-refractivity contribution in [3.63, 3.8) is 0 Å².